The third kappa shape index (κ3) is 5.34. The molecule has 2 aromatic rings. The van der Waals surface area contributed by atoms with Crippen molar-refractivity contribution in [2.24, 2.45) is 5.92 Å². The summed E-state index contributed by atoms with van der Waals surface area (Å²) in [7, 11) is -3.11. The molecule has 1 aliphatic heterocycles. The summed E-state index contributed by atoms with van der Waals surface area (Å²) in [4.78, 5) is 14.1. The lowest BCUT2D eigenvalue weighted by molar-refractivity contribution is -0.141. The highest BCUT2D eigenvalue weighted by Crippen LogP contribution is 2.28. The van der Waals surface area contributed by atoms with Crippen LogP contribution in [0.2, 0.25) is 0 Å². The number of hydrogen-bond acceptors (Lipinski definition) is 4. The second kappa shape index (κ2) is 8.13. The summed E-state index contributed by atoms with van der Waals surface area (Å²) in [5, 5.41) is 5.25. The van der Waals surface area contributed by atoms with Crippen LogP contribution in [0.15, 0.2) is 30.3 Å². The van der Waals surface area contributed by atoms with Gasteiger partial charge in [-0.05, 0) is 24.8 Å². The van der Waals surface area contributed by atoms with E-state index in [0.29, 0.717) is 18.9 Å². The number of sulfone groups is 1. The minimum Gasteiger partial charge on any atom is -0.333 e. The van der Waals surface area contributed by atoms with Gasteiger partial charge in [0.1, 0.15) is 21.3 Å². The third-order valence-electron chi connectivity index (χ3n) is 4.86. The van der Waals surface area contributed by atoms with Crippen molar-refractivity contribution < 1.29 is 30.8 Å². The highest BCUT2D eigenvalue weighted by atomic mass is 32.2. The molecule has 0 bridgehead atoms. The zero-order valence-corrected chi connectivity index (χ0v) is 16.1. The summed E-state index contributed by atoms with van der Waals surface area (Å²) in [5.74, 6) is -1.52. The summed E-state index contributed by atoms with van der Waals surface area (Å²) in [5.41, 5.74) is -1.39. The maximum atomic E-state index is 14.1. The number of carbonyl (C=O) groups is 1. The average Bonchev–Trinajstić information content (AvgIpc) is 3.14. The van der Waals surface area contributed by atoms with E-state index in [1.54, 1.807) is 11.2 Å². The molecule has 1 aliphatic rings. The summed E-state index contributed by atoms with van der Waals surface area (Å²) >= 11 is 0. The van der Waals surface area contributed by atoms with Gasteiger partial charge in [0.25, 0.3) is 5.91 Å². The van der Waals surface area contributed by atoms with Crippen molar-refractivity contribution in [2.75, 3.05) is 18.1 Å². The van der Waals surface area contributed by atoms with Crippen LogP contribution in [0.25, 0.3) is 0 Å². The van der Waals surface area contributed by atoms with Crippen LogP contribution in [0, 0.1) is 11.7 Å². The Kier molecular flexibility index (Phi) is 5.97. The molecule has 1 amide bonds. The average molecular weight is 433 g/mol. The molecule has 1 saturated heterocycles. The molecule has 1 aromatic carbocycles. The van der Waals surface area contributed by atoms with Crippen LogP contribution in [0.5, 0.6) is 0 Å². The van der Waals surface area contributed by atoms with Crippen molar-refractivity contribution in [2.45, 2.75) is 25.6 Å². The van der Waals surface area contributed by atoms with Crippen LogP contribution in [0.1, 0.15) is 34.6 Å². The lowest BCUT2D eigenvalue weighted by atomic mass is 10.0. The van der Waals surface area contributed by atoms with Crippen molar-refractivity contribution in [3.05, 3.63) is 53.1 Å². The van der Waals surface area contributed by atoms with Crippen LogP contribution in [-0.2, 0) is 22.6 Å². The molecule has 0 unspecified atom stereocenters. The molecule has 1 N–H and O–H groups in total. The molecular weight excluding hydrogens is 414 g/mol. The van der Waals surface area contributed by atoms with Crippen molar-refractivity contribution in [1.82, 2.24) is 15.1 Å². The number of H-pyrrole nitrogens is 1. The molecule has 0 aliphatic carbocycles. The smallest absolute Gasteiger partial charge is 0.333 e. The third-order valence-corrected chi connectivity index (χ3v) is 6.58. The fourth-order valence-corrected chi connectivity index (χ4v) is 4.81. The second-order valence-corrected chi connectivity index (χ2v) is 9.34. The van der Waals surface area contributed by atoms with E-state index in [4.69, 9.17) is 0 Å². The molecule has 0 radical (unpaired) electrons. The van der Waals surface area contributed by atoms with E-state index in [-0.39, 0.29) is 36.1 Å². The van der Waals surface area contributed by atoms with Gasteiger partial charge in [-0.15, -0.1) is 0 Å². The number of benzene rings is 1. The summed E-state index contributed by atoms with van der Waals surface area (Å²) < 4.78 is 75.7. The van der Waals surface area contributed by atoms with Gasteiger partial charge in [-0.2, -0.15) is 18.3 Å². The van der Waals surface area contributed by atoms with E-state index in [2.05, 4.69) is 5.10 Å². The molecule has 1 fully saturated rings. The van der Waals surface area contributed by atoms with Crippen LogP contribution in [0.4, 0.5) is 17.6 Å². The molecular formula is C18H19F4N3O3S. The quantitative estimate of drug-likeness (QED) is 0.735. The predicted molar refractivity (Wildman–Crippen MR) is 96.1 cm³/mol. The van der Waals surface area contributed by atoms with E-state index in [9.17, 15) is 30.8 Å². The van der Waals surface area contributed by atoms with E-state index in [1.807, 2.05) is 0 Å². The number of nitrogens with zero attached hydrogens (tertiary/aromatic N) is 2. The monoisotopic (exact) mass is 433 g/mol. The molecule has 6 nitrogen and oxygen atoms in total. The standard InChI is InChI=1S/C18H19F4N3O3S/c19-14-4-2-1-3-13(14)11-25(10-12-5-7-29(27,28)8-6-12)17(26)15-9-16(24-23-15)18(20,21)22/h1-4,9,12H,5-8,10-11H2,(H,23,24). The van der Waals surface area contributed by atoms with Crippen LogP contribution >= 0.6 is 0 Å². The molecule has 11 heteroatoms. The van der Waals surface area contributed by atoms with Gasteiger partial charge in [0.05, 0.1) is 11.5 Å². The van der Waals surface area contributed by atoms with E-state index < -0.39 is 39.1 Å². The van der Waals surface area contributed by atoms with E-state index >= 15 is 0 Å². The van der Waals surface area contributed by atoms with Crippen molar-refractivity contribution in [3.8, 4) is 0 Å². The SMILES string of the molecule is O=C(c1cc(C(F)(F)F)[nH]n1)N(Cc1ccccc1F)CC1CCS(=O)(=O)CC1. The molecule has 1 aromatic heterocycles. The van der Waals surface area contributed by atoms with E-state index in [1.165, 1.54) is 23.1 Å². The van der Waals surface area contributed by atoms with Gasteiger partial charge >= 0.3 is 6.18 Å². The van der Waals surface area contributed by atoms with Gasteiger partial charge in [-0.3, -0.25) is 9.89 Å². The second-order valence-electron chi connectivity index (χ2n) is 7.04. The Morgan fingerprint density at radius 3 is 2.45 bits per heavy atom. The number of aromatic nitrogens is 2. The van der Waals surface area contributed by atoms with Crippen molar-refractivity contribution >= 4 is 15.7 Å². The topological polar surface area (TPSA) is 83.1 Å². The first kappa shape index (κ1) is 21.3. The Morgan fingerprint density at radius 2 is 1.86 bits per heavy atom. The number of alkyl halides is 3. The van der Waals surface area contributed by atoms with Gasteiger partial charge in [-0.25, -0.2) is 12.8 Å². The number of amides is 1. The van der Waals surface area contributed by atoms with E-state index in [0.717, 1.165) is 0 Å². The molecule has 29 heavy (non-hydrogen) atoms. The highest BCUT2D eigenvalue weighted by Gasteiger charge is 2.35. The first-order valence-electron chi connectivity index (χ1n) is 8.91. The first-order valence-corrected chi connectivity index (χ1v) is 10.7. The fourth-order valence-electron chi connectivity index (χ4n) is 3.22. The number of hydrogen-bond donors (Lipinski definition) is 1. The lowest BCUT2D eigenvalue weighted by Gasteiger charge is -2.29. The van der Waals surface area contributed by atoms with Gasteiger partial charge in [-0.1, -0.05) is 18.2 Å². The molecule has 3 rings (SSSR count). The Labute approximate surface area is 164 Å². The maximum Gasteiger partial charge on any atom is 0.432 e. The molecule has 0 atom stereocenters. The Hall–Kier alpha value is -2.43. The molecule has 0 saturated carbocycles. The minimum atomic E-state index is -4.68. The fraction of sp³-hybridized carbons (Fsp3) is 0.444. The van der Waals surface area contributed by atoms with Crippen molar-refractivity contribution in [3.63, 3.8) is 0 Å². The summed E-state index contributed by atoms with van der Waals surface area (Å²) in [6, 6.07) is 6.39. The Balaban J connectivity index is 1.82. The normalized spacial score (nSPS) is 17.2. The highest BCUT2D eigenvalue weighted by molar-refractivity contribution is 7.91. The number of aromatic amines is 1. The summed E-state index contributed by atoms with van der Waals surface area (Å²) in [6.45, 7) is -0.0696. The van der Waals surface area contributed by atoms with Gasteiger partial charge in [0.15, 0.2) is 5.69 Å². The van der Waals surface area contributed by atoms with Gasteiger partial charge in [0, 0.05) is 24.7 Å². The molecule has 2 heterocycles. The molecule has 158 valence electrons. The lowest BCUT2D eigenvalue weighted by Crippen LogP contribution is -2.38. The maximum absolute atomic E-state index is 14.1. The van der Waals surface area contributed by atoms with Crippen LogP contribution < -0.4 is 0 Å². The number of halogens is 4. The van der Waals surface area contributed by atoms with Crippen LogP contribution in [-0.4, -0.2) is 47.5 Å². The zero-order chi connectivity index (χ0) is 21.2. The first-order chi connectivity index (χ1) is 13.5. The number of nitrogens with one attached hydrogen (secondary N) is 1. The minimum absolute atomic E-state index is 0.0139. The number of rotatable bonds is 5. The Morgan fingerprint density at radius 1 is 1.21 bits per heavy atom. The van der Waals surface area contributed by atoms with Gasteiger partial charge < -0.3 is 4.90 Å². The number of carbonyl (C=O) groups excluding carboxylic acids is 1. The zero-order valence-electron chi connectivity index (χ0n) is 15.2. The largest absolute Gasteiger partial charge is 0.432 e. The van der Waals surface area contributed by atoms with Crippen LogP contribution in [0.3, 0.4) is 0 Å². The predicted octanol–water partition coefficient (Wildman–Crippen LogP) is 3.03. The summed E-state index contributed by atoms with van der Waals surface area (Å²) in [6.07, 6.45) is -4.02. The molecule has 0 spiro atoms. The van der Waals surface area contributed by atoms with Gasteiger partial charge in [0.2, 0.25) is 0 Å². The van der Waals surface area contributed by atoms with Crippen molar-refractivity contribution in [1.29, 1.82) is 0 Å². The Bertz CT molecular complexity index is 974.